The van der Waals surface area contributed by atoms with Crippen LogP contribution in [0.5, 0.6) is 5.75 Å². The summed E-state index contributed by atoms with van der Waals surface area (Å²) in [5.74, 6) is -1.22. The third kappa shape index (κ3) is 3.78. The van der Waals surface area contributed by atoms with Crippen molar-refractivity contribution in [2.24, 2.45) is 11.3 Å². The number of carboxylic acids is 1. The lowest BCUT2D eigenvalue weighted by atomic mass is 9.81. The van der Waals surface area contributed by atoms with Crippen LogP contribution in [-0.4, -0.2) is 41.3 Å². The molecular formula is C18H20F3NO4. The Bertz CT molecular complexity index is 689. The Hall–Kier alpha value is -2.25. The van der Waals surface area contributed by atoms with Gasteiger partial charge in [-0.15, -0.1) is 13.2 Å². The van der Waals surface area contributed by atoms with E-state index in [0.717, 1.165) is 18.4 Å². The van der Waals surface area contributed by atoms with E-state index in [0.29, 0.717) is 19.4 Å². The fourth-order valence-electron chi connectivity index (χ4n) is 4.10. The van der Waals surface area contributed by atoms with Crippen LogP contribution in [0.15, 0.2) is 24.3 Å². The zero-order valence-corrected chi connectivity index (χ0v) is 14.1. The van der Waals surface area contributed by atoms with Gasteiger partial charge in [0.15, 0.2) is 0 Å². The highest BCUT2D eigenvalue weighted by Gasteiger charge is 2.55. The molecule has 0 radical (unpaired) electrons. The van der Waals surface area contributed by atoms with Crippen LogP contribution in [0.4, 0.5) is 13.2 Å². The van der Waals surface area contributed by atoms with E-state index < -0.39 is 17.7 Å². The number of halogens is 3. The van der Waals surface area contributed by atoms with E-state index in [1.807, 2.05) is 0 Å². The Kier molecular flexibility index (Phi) is 4.86. The van der Waals surface area contributed by atoms with Gasteiger partial charge in [0.1, 0.15) is 5.75 Å². The van der Waals surface area contributed by atoms with E-state index in [9.17, 15) is 27.9 Å². The summed E-state index contributed by atoms with van der Waals surface area (Å²) in [6, 6.07) is 5.41. The Morgan fingerprint density at radius 1 is 1.27 bits per heavy atom. The molecule has 2 atom stereocenters. The molecule has 1 saturated heterocycles. The standard InChI is InChI=1S/C18H20F3NO4/c19-18(20,21)26-14-6-3-12(4-7-14)5-8-15(23)22-10-13-2-1-9-17(13,11-22)16(24)25/h3-4,6-7,13H,1-2,5,8-11H2,(H,24,25)/t13-,17+/m0/s1. The number of alkyl halides is 3. The number of benzene rings is 1. The lowest BCUT2D eigenvalue weighted by Crippen LogP contribution is -2.37. The number of fused-ring (bicyclic) bond motifs is 1. The number of aryl methyl sites for hydroxylation is 1. The minimum atomic E-state index is -4.73. The van der Waals surface area contributed by atoms with E-state index in [1.165, 1.54) is 24.3 Å². The molecule has 26 heavy (non-hydrogen) atoms. The molecule has 2 fully saturated rings. The third-order valence-electron chi connectivity index (χ3n) is 5.43. The molecule has 1 N–H and O–H groups in total. The van der Waals surface area contributed by atoms with Crippen molar-refractivity contribution >= 4 is 11.9 Å². The highest BCUT2D eigenvalue weighted by molar-refractivity contribution is 5.81. The molecule has 0 bridgehead atoms. The molecule has 1 heterocycles. The maximum atomic E-state index is 12.4. The molecular weight excluding hydrogens is 351 g/mol. The van der Waals surface area contributed by atoms with Crippen molar-refractivity contribution in [3.05, 3.63) is 29.8 Å². The van der Waals surface area contributed by atoms with Crippen LogP contribution in [0.3, 0.4) is 0 Å². The van der Waals surface area contributed by atoms with Crippen molar-refractivity contribution in [3.8, 4) is 5.75 Å². The fourth-order valence-corrected chi connectivity index (χ4v) is 4.10. The van der Waals surface area contributed by atoms with Gasteiger partial charge >= 0.3 is 12.3 Å². The van der Waals surface area contributed by atoms with Crippen LogP contribution in [0, 0.1) is 11.3 Å². The maximum absolute atomic E-state index is 12.4. The summed E-state index contributed by atoms with van der Waals surface area (Å²) in [7, 11) is 0. The second-order valence-electron chi connectivity index (χ2n) is 7.02. The second-order valence-corrected chi connectivity index (χ2v) is 7.02. The number of rotatable bonds is 5. The van der Waals surface area contributed by atoms with Crippen LogP contribution >= 0.6 is 0 Å². The third-order valence-corrected chi connectivity index (χ3v) is 5.43. The molecule has 1 aromatic carbocycles. The summed E-state index contributed by atoms with van der Waals surface area (Å²) in [4.78, 5) is 25.7. The molecule has 1 saturated carbocycles. The van der Waals surface area contributed by atoms with Gasteiger partial charge in [0.25, 0.3) is 0 Å². The Morgan fingerprint density at radius 2 is 1.96 bits per heavy atom. The average molecular weight is 371 g/mol. The van der Waals surface area contributed by atoms with E-state index >= 15 is 0 Å². The van der Waals surface area contributed by atoms with Crippen LogP contribution < -0.4 is 4.74 Å². The molecule has 1 aliphatic carbocycles. The van der Waals surface area contributed by atoms with Gasteiger partial charge in [0, 0.05) is 19.5 Å². The smallest absolute Gasteiger partial charge is 0.481 e. The van der Waals surface area contributed by atoms with E-state index in [-0.39, 0.29) is 30.5 Å². The zero-order chi connectivity index (χ0) is 18.9. The van der Waals surface area contributed by atoms with Gasteiger partial charge in [-0.25, -0.2) is 0 Å². The largest absolute Gasteiger partial charge is 0.573 e. The first kappa shape index (κ1) is 18.5. The molecule has 1 aliphatic heterocycles. The van der Waals surface area contributed by atoms with Crippen molar-refractivity contribution in [1.82, 2.24) is 4.90 Å². The first-order valence-electron chi connectivity index (χ1n) is 8.55. The van der Waals surface area contributed by atoms with Crippen LogP contribution in [0.2, 0.25) is 0 Å². The Morgan fingerprint density at radius 3 is 2.54 bits per heavy atom. The van der Waals surface area contributed by atoms with Crippen molar-refractivity contribution in [2.45, 2.75) is 38.5 Å². The van der Waals surface area contributed by atoms with Gasteiger partial charge in [-0.1, -0.05) is 18.6 Å². The Balaban J connectivity index is 1.54. The molecule has 1 aromatic rings. The minimum absolute atomic E-state index is 0.0164. The molecule has 0 spiro atoms. The lowest BCUT2D eigenvalue weighted by molar-refractivity contribution is -0.274. The van der Waals surface area contributed by atoms with Gasteiger partial charge in [0.05, 0.1) is 5.41 Å². The monoisotopic (exact) mass is 371 g/mol. The van der Waals surface area contributed by atoms with E-state index in [2.05, 4.69) is 4.74 Å². The summed E-state index contributed by atoms with van der Waals surface area (Å²) in [5.41, 5.74) is -0.0769. The number of hydrogen-bond donors (Lipinski definition) is 1. The molecule has 1 amide bonds. The van der Waals surface area contributed by atoms with Crippen molar-refractivity contribution < 1.29 is 32.6 Å². The molecule has 0 aromatic heterocycles. The number of ether oxygens (including phenoxy) is 1. The summed E-state index contributed by atoms with van der Waals surface area (Å²) >= 11 is 0. The number of carbonyl (C=O) groups excluding carboxylic acids is 1. The van der Waals surface area contributed by atoms with Crippen LogP contribution in [-0.2, 0) is 16.0 Å². The highest BCUT2D eigenvalue weighted by atomic mass is 19.4. The van der Waals surface area contributed by atoms with Crippen molar-refractivity contribution in [2.75, 3.05) is 13.1 Å². The van der Waals surface area contributed by atoms with Gasteiger partial charge in [-0.3, -0.25) is 9.59 Å². The van der Waals surface area contributed by atoms with Crippen LogP contribution in [0.1, 0.15) is 31.2 Å². The zero-order valence-electron chi connectivity index (χ0n) is 14.1. The van der Waals surface area contributed by atoms with E-state index in [1.54, 1.807) is 4.90 Å². The predicted molar refractivity (Wildman–Crippen MR) is 85.4 cm³/mol. The normalized spacial score (nSPS) is 25.2. The van der Waals surface area contributed by atoms with E-state index in [4.69, 9.17) is 0 Å². The van der Waals surface area contributed by atoms with Gasteiger partial charge in [0.2, 0.25) is 5.91 Å². The topological polar surface area (TPSA) is 66.8 Å². The van der Waals surface area contributed by atoms with Gasteiger partial charge in [-0.2, -0.15) is 0 Å². The SMILES string of the molecule is O=C(CCc1ccc(OC(F)(F)F)cc1)N1C[C@@H]2CCC[C@@]2(C(=O)O)C1. The summed E-state index contributed by atoms with van der Waals surface area (Å²) < 4.78 is 40.2. The average Bonchev–Trinajstić information content (AvgIpc) is 3.10. The fraction of sp³-hybridized carbons (Fsp3) is 0.556. The summed E-state index contributed by atoms with van der Waals surface area (Å²) in [5, 5.41) is 9.56. The first-order chi connectivity index (χ1) is 12.2. The number of nitrogens with zero attached hydrogens (tertiary/aromatic N) is 1. The first-order valence-corrected chi connectivity index (χ1v) is 8.55. The Labute approximate surface area is 148 Å². The maximum Gasteiger partial charge on any atom is 0.573 e. The molecule has 8 heteroatoms. The summed E-state index contributed by atoms with van der Waals surface area (Å²) in [6.07, 6.45) is -1.83. The second kappa shape index (κ2) is 6.81. The molecule has 2 aliphatic rings. The minimum Gasteiger partial charge on any atom is -0.481 e. The number of likely N-dealkylation sites (tertiary alicyclic amines) is 1. The number of aliphatic carboxylic acids is 1. The molecule has 3 rings (SSSR count). The number of amides is 1. The molecule has 142 valence electrons. The molecule has 5 nitrogen and oxygen atoms in total. The van der Waals surface area contributed by atoms with Gasteiger partial charge in [-0.05, 0) is 42.9 Å². The predicted octanol–water partition coefficient (Wildman–Crippen LogP) is 3.23. The quantitative estimate of drug-likeness (QED) is 0.863. The molecule has 0 unspecified atom stereocenters. The summed E-state index contributed by atoms with van der Waals surface area (Å²) in [6.45, 7) is 0.730. The number of carbonyl (C=O) groups is 2. The number of hydrogen-bond acceptors (Lipinski definition) is 3. The lowest BCUT2D eigenvalue weighted by Gasteiger charge is -2.23. The van der Waals surface area contributed by atoms with Crippen LogP contribution in [0.25, 0.3) is 0 Å². The van der Waals surface area contributed by atoms with Gasteiger partial charge < -0.3 is 14.7 Å². The van der Waals surface area contributed by atoms with Crippen molar-refractivity contribution in [3.63, 3.8) is 0 Å². The van der Waals surface area contributed by atoms with Crippen molar-refractivity contribution in [1.29, 1.82) is 0 Å². The highest BCUT2D eigenvalue weighted by Crippen LogP contribution is 2.49. The number of carboxylic acid groups (broad SMARTS) is 1.